The molecule has 32 heavy (non-hydrogen) atoms. The lowest BCUT2D eigenvalue weighted by atomic mass is 9.81. The number of alkyl halides is 1. The van der Waals surface area contributed by atoms with Crippen molar-refractivity contribution in [2.45, 2.75) is 88.1 Å². The average Bonchev–Trinajstić information content (AvgIpc) is 2.81. The van der Waals surface area contributed by atoms with Crippen molar-refractivity contribution in [2.75, 3.05) is 25.6 Å². The Morgan fingerprint density at radius 2 is 1.88 bits per heavy atom. The molecule has 12 heteroatoms. The van der Waals surface area contributed by atoms with E-state index in [0.29, 0.717) is 17.9 Å². The third kappa shape index (κ3) is 5.52. The summed E-state index contributed by atoms with van der Waals surface area (Å²) in [5, 5.41) is 57.6. The van der Waals surface area contributed by atoms with Gasteiger partial charge in [-0.2, -0.15) is 5.01 Å². The summed E-state index contributed by atoms with van der Waals surface area (Å²) in [7, 11) is 0. The van der Waals surface area contributed by atoms with Crippen LogP contribution in [0, 0.1) is 10.8 Å². The van der Waals surface area contributed by atoms with Crippen LogP contribution < -0.4 is 0 Å². The Balaban J connectivity index is 2.51. The largest absolute Gasteiger partial charge is 0.394 e. The number of urea groups is 1. The van der Waals surface area contributed by atoms with Gasteiger partial charge in [0.1, 0.15) is 12.2 Å². The fourth-order valence-corrected chi connectivity index (χ4v) is 4.78. The summed E-state index contributed by atoms with van der Waals surface area (Å²) in [4.78, 5) is 25.4. The van der Waals surface area contributed by atoms with Crippen molar-refractivity contribution < 1.29 is 35.1 Å². The van der Waals surface area contributed by atoms with Crippen molar-refractivity contribution in [1.82, 2.24) is 9.91 Å². The molecule has 0 spiro atoms. The molecule has 0 unspecified atom stereocenters. The third-order valence-corrected chi connectivity index (χ3v) is 6.65. The van der Waals surface area contributed by atoms with Crippen LogP contribution in [0.2, 0.25) is 0 Å². The van der Waals surface area contributed by atoms with Crippen molar-refractivity contribution >= 4 is 17.6 Å². The van der Waals surface area contributed by atoms with Gasteiger partial charge in [0.15, 0.2) is 11.9 Å². The molecule has 2 fully saturated rings. The summed E-state index contributed by atoms with van der Waals surface area (Å²) < 4.78 is 5.39. The molecule has 0 aromatic rings. The van der Waals surface area contributed by atoms with E-state index in [0.717, 1.165) is 37.0 Å². The van der Waals surface area contributed by atoms with Gasteiger partial charge in [-0.15, -0.1) is 16.5 Å². The third-order valence-electron chi connectivity index (χ3n) is 6.49. The molecular weight excluding hydrogens is 446 g/mol. The molecule has 5 N–H and O–H groups in total. The maximum atomic E-state index is 13.3. The van der Waals surface area contributed by atoms with Gasteiger partial charge in [0, 0.05) is 18.8 Å². The van der Waals surface area contributed by atoms with Crippen LogP contribution in [0.4, 0.5) is 4.79 Å². The molecule has 1 heterocycles. The topological polar surface area (TPSA) is 163 Å². The second kappa shape index (κ2) is 11.9. The molecule has 0 aromatic carbocycles. The Morgan fingerprint density at radius 1 is 1.22 bits per heavy atom. The van der Waals surface area contributed by atoms with Gasteiger partial charge in [0.05, 0.1) is 18.4 Å². The van der Waals surface area contributed by atoms with Crippen molar-refractivity contribution in [3.05, 3.63) is 4.91 Å². The van der Waals surface area contributed by atoms with Crippen molar-refractivity contribution in [3.8, 4) is 0 Å². The number of rotatable bonds is 10. The minimum atomic E-state index is -2.75. The van der Waals surface area contributed by atoms with Crippen molar-refractivity contribution in [3.63, 3.8) is 0 Å². The first-order valence-corrected chi connectivity index (χ1v) is 11.8. The van der Waals surface area contributed by atoms with E-state index in [1.807, 2.05) is 6.92 Å². The molecule has 186 valence electrons. The molecular formula is C20H36ClN3O8. The van der Waals surface area contributed by atoms with Crippen LogP contribution in [-0.4, -0.2) is 96.9 Å². The highest BCUT2D eigenvalue weighted by Crippen LogP contribution is 2.41. The summed E-state index contributed by atoms with van der Waals surface area (Å²) in [6.07, 6.45) is -0.325. The van der Waals surface area contributed by atoms with E-state index in [4.69, 9.17) is 16.3 Å². The molecule has 1 saturated carbocycles. The number of hydrogen-bond acceptors (Lipinski definition) is 9. The highest BCUT2D eigenvalue weighted by molar-refractivity contribution is 6.18. The van der Waals surface area contributed by atoms with Gasteiger partial charge in [-0.1, -0.05) is 32.6 Å². The summed E-state index contributed by atoms with van der Waals surface area (Å²) >= 11 is 5.68. The number of aliphatic hydroxyl groups is 5. The predicted molar refractivity (Wildman–Crippen MR) is 115 cm³/mol. The molecule has 2 aliphatic rings. The number of hydrogen-bond donors (Lipinski definition) is 5. The standard InChI is InChI=1S/C20H36ClN3O8/c1-2-3-9-19(29)17(27)20(30,16(26)15(13-25)32-19)23(12-14-7-5-4-6-8-14)18(28)24(22-31)11-10-21/h14-17,25-27,29-30H,2-13H2,1H3/t15-,16-,17+,19+,20+/m1/s1. The van der Waals surface area contributed by atoms with E-state index in [9.17, 15) is 35.2 Å². The Hall–Kier alpha value is -1.08. The normalized spacial score (nSPS) is 33.7. The molecule has 2 amide bonds. The van der Waals surface area contributed by atoms with Crippen LogP contribution in [0.5, 0.6) is 0 Å². The number of nitroso groups, excluding NO2 is 1. The lowest BCUT2D eigenvalue weighted by molar-refractivity contribution is -0.399. The zero-order valence-corrected chi connectivity index (χ0v) is 19.2. The average molecular weight is 482 g/mol. The smallest absolute Gasteiger partial charge is 0.345 e. The van der Waals surface area contributed by atoms with Crippen LogP contribution in [0.15, 0.2) is 5.29 Å². The van der Waals surface area contributed by atoms with Gasteiger partial charge in [-0.3, -0.25) is 4.90 Å². The number of carbonyl (C=O) groups is 1. The summed E-state index contributed by atoms with van der Waals surface area (Å²) in [6, 6.07) is -1.07. The second-order valence-corrected chi connectivity index (χ2v) is 9.09. The minimum absolute atomic E-state index is 0.0696. The highest BCUT2D eigenvalue weighted by atomic mass is 35.5. The lowest BCUT2D eigenvalue weighted by Gasteiger charge is -2.56. The first kappa shape index (κ1) is 27.2. The second-order valence-electron chi connectivity index (χ2n) is 8.71. The molecule has 0 aromatic heterocycles. The SMILES string of the molecule is CCCC[C@]1(O)O[C@H](CO)[C@@H](O)[C@@](O)(N(CC2CCCCC2)C(=O)N(CCCl)N=O)[C@H]1O. The van der Waals surface area contributed by atoms with Gasteiger partial charge in [0.25, 0.3) is 0 Å². The first-order chi connectivity index (χ1) is 15.2. The van der Waals surface area contributed by atoms with Crippen LogP contribution in [0.1, 0.15) is 58.3 Å². The highest BCUT2D eigenvalue weighted by Gasteiger charge is 2.65. The van der Waals surface area contributed by atoms with Crippen LogP contribution in [0.3, 0.4) is 0 Å². The number of ether oxygens (including phenoxy) is 1. The molecule has 11 nitrogen and oxygen atoms in total. The first-order valence-electron chi connectivity index (χ1n) is 11.3. The number of unbranched alkanes of at least 4 members (excludes halogenated alkanes) is 1. The van der Waals surface area contributed by atoms with Crippen LogP contribution in [0.25, 0.3) is 0 Å². The maximum Gasteiger partial charge on any atom is 0.345 e. The monoisotopic (exact) mass is 481 g/mol. The summed E-state index contributed by atoms with van der Waals surface area (Å²) in [5.41, 5.74) is -2.75. The number of aliphatic hydroxyl groups excluding tert-OH is 3. The van der Waals surface area contributed by atoms with E-state index in [2.05, 4.69) is 5.29 Å². The molecule has 1 aliphatic carbocycles. The number of amides is 2. The van der Waals surface area contributed by atoms with E-state index in [1.54, 1.807) is 0 Å². The van der Waals surface area contributed by atoms with Crippen molar-refractivity contribution in [2.24, 2.45) is 11.2 Å². The summed E-state index contributed by atoms with van der Waals surface area (Å²) in [5.74, 6) is -2.52. The molecule has 1 aliphatic heterocycles. The quantitative estimate of drug-likeness (QED) is 0.133. The van der Waals surface area contributed by atoms with E-state index in [-0.39, 0.29) is 31.3 Å². The predicted octanol–water partition coefficient (Wildman–Crippen LogP) is 0.891. The minimum Gasteiger partial charge on any atom is -0.394 e. The fraction of sp³-hybridized carbons (Fsp3) is 0.950. The lowest BCUT2D eigenvalue weighted by Crippen LogP contribution is -2.79. The van der Waals surface area contributed by atoms with Crippen molar-refractivity contribution in [1.29, 1.82) is 0 Å². The molecule has 0 bridgehead atoms. The molecule has 1 saturated heterocycles. The zero-order valence-electron chi connectivity index (χ0n) is 18.5. The fourth-order valence-electron chi connectivity index (χ4n) is 4.62. The maximum absolute atomic E-state index is 13.3. The van der Waals surface area contributed by atoms with Crippen LogP contribution >= 0.6 is 11.6 Å². The molecule has 0 radical (unpaired) electrons. The number of carbonyl (C=O) groups excluding carboxylic acids is 1. The van der Waals surface area contributed by atoms with Gasteiger partial charge in [0.2, 0.25) is 5.72 Å². The van der Waals surface area contributed by atoms with E-state index >= 15 is 0 Å². The Kier molecular flexibility index (Phi) is 10.1. The van der Waals surface area contributed by atoms with E-state index in [1.165, 1.54) is 0 Å². The van der Waals surface area contributed by atoms with E-state index < -0.39 is 42.5 Å². The molecule has 5 atom stereocenters. The number of nitrogens with zero attached hydrogens (tertiary/aromatic N) is 3. The van der Waals surface area contributed by atoms with Crippen LogP contribution in [-0.2, 0) is 4.74 Å². The van der Waals surface area contributed by atoms with Gasteiger partial charge in [-0.25, -0.2) is 4.79 Å². The van der Waals surface area contributed by atoms with Gasteiger partial charge < -0.3 is 30.3 Å². The number of halogens is 1. The van der Waals surface area contributed by atoms with Gasteiger partial charge >= 0.3 is 6.03 Å². The zero-order chi connectivity index (χ0) is 23.9. The molecule has 2 rings (SSSR count). The van der Waals surface area contributed by atoms with Gasteiger partial charge in [-0.05, 0) is 25.2 Å². The Morgan fingerprint density at radius 3 is 2.41 bits per heavy atom. The Bertz CT molecular complexity index is 626. The summed E-state index contributed by atoms with van der Waals surface area (Å²) in [6.45, 7) is 0.711. The Labute approximate surface area is 192 Å².